The van der Waals surface area contributed by atoms with Gasteiger partial charge in [-0.25, -0.2) is 0 Å². The molecular weight excluding hydrogens is 695 g/mol. The van der Waals surface area contributed by atoms with Crippen LogP contribution in [0.5, 0.6) is 0 Å². The lowest BCUT2D eigenvalue weighted by molar-refractivity contribution is 0.235. The third-order valence-electron chi connectivity index (χ3n) is 14.4. The van der Waals surface area contributed by atoms with Gasteiger partial charge in [0, 0.05) is 48.3 Å². The van der Waals surface area contributed by atoms with Crippen LogP contribution >= 0.6 is 11.3 Å². The van der Waals surface area contributed by atoms with Crippen molar-refractivity contribution in [1.29, 1.82) is 0 Å². The van der Waals surface area contributed by atoms with Gasteiger partial charge in [0.2, 0.25) is 0 Å². The van der Waals surface area contributed by atoms with Crippen molar-refractivity contribution in [2.45, 2.75) is 64.2 Å². The van der Waals surface area contributed by atoms with Crippen molar-refractivity contribution in [2.24, 2.45) is 23.7 Å². The number of benzene rings is 7. The Labute approximate surface area is 335 Å². The summed E-state index contributed by atoms with van der Waals surface area (Å²) in [6, 6.07) is 57.6. The number of rotatable bonds is 7. The van der Waals surface area contributed by atoms with Crippen molar-refractivity contribution in [3.8, 4) is 11.1 Å². The van der Waals surface area contributed by atoms with Gasteiger partial charge in [-0.05, 0) is 131 Å². The fourth-order valence-electron chi connectivity index (χ4n) is 11.6. The van der Waals surface area contributed by atoms with E-state index < -0.39 is 0 Å². The third-order valence-corrected chi connectivity index (χ3v) is 15.5. The van der Waals surface area contributed by atoms with Crippen LogP contribution in [0.4, 0.5) is 17.1 Å². The van der Waals surface area contributed by atoms with Crippen LogP contribution in [0, 0.1) is 23.7 Å². The molecule has 56 heavy (non-hydrogen) atoms. The molecule has 3 aliphatic carbocycles. The molecule has 0 spiro atoms. The van der Waals surface area contributed by atoms with E-state index in [4.69, 9.17) is 0 Å². The minimum atomic E-state index is -0.0651. The smallest absolute Gasteiger partial charge is 0.0540 e. The molecule has 0 N–H and O–H groups in total. The standard InChI is InChI=1S/C54H49NS/c1-4-34-28-39-29-38(34)30-40(39)31-47-44-15-7-9-17-49(44)54(2,3)50-27-25-42(33-48(47)50)55(51-18-11-13-36-12-5-6-14-43(36)51)41-23-20-35(21-24-41)37-22-26-46-45-16-8-10-19-52(45)56-53(46)32-37/h5-27,32-34,38-40,47H,4,28-31H2,1-3H3/t34?,38-,39+,40?,47?/m1/s1. The minimum Gasteiger partial charge on any atom is -0.310 e. The van der Waals surface area contributed by atoms with Crippen molar-refractivity contribution >= 4 is 59.3 Å². The van der Waals surface area contributed by atoms with Gasteiger partial charge in [-0.2, -0.15) is 0 Å². The molecule has 0 amide bonds. The quantitative estimate of drug-likeness (QED) is 0.157. The van der Waals surface area contributed by atoms with Gasteiger partial charge in [0.1, 0.15) is 0 Å². The van der Waals surface area contributed by atoms with Gasteiger partial charge in [0.15, 0.2) is 0 Å². The van der Waals surface area contributed by atoms with Crippen LogP contribution < -0.4 is 4.90 Å². The molecule has 2 saturated carbocycles. The molecule has 0 aliphatic heterocycles. The Hall–Kier alpha value is -5.18. The molecule has 8 aromatic rings. The van der Waals surface area contributed by atoms with Crippen LogP contribution in [0.3, 0.4) is 0 Å². The first-order valence-corrected chi connectivity index (χ1v) is 21.8. The highest BCUT2D eigenvalue weighted by atomic mass is 32.1. The van der Waals surface area contributed by atoms with Crippen molar-refractivity contribution in [1.82, 2.24) is 0 Å². The molecule has 5 atom stereocenters. The first-order chi connectivity index (χ1) is 27.4. The number of thiophene rings is 1. The Balaban J connectivity index is 1.03. The number of anilines is 3. The lowest BCUT2D eigenvalue weighted by Crippen LogP contribution is -2.31. The number of hydrogen-bond donors (Lipinski definition) is 0. The molecule has 1 nitrogen and oxygen atoms in total. The van der Waals surface area contributed by atoms with Gasteiger partial charge in [-0.3, -0.25) is 0 Å². The van der Waals surface area contributed by atoms with E-state index in [0.29, 0.717) is 5.92 Å². The van der Waals surface area contributed by atoms with Gasteiger partial charge in [0.25, 0.3) is 0 Å². The summed E-state index contributed by atoms with van der Waals surface area (Å²) in [6.45, 7) is 7.31. The zero-order chi connectivity index (χ0) is 37.5. The fraction of sp³-hybridized carbons (Fsp3) is 0.259. The van der Waals surface area contributed by atoms with Gasteiger partial charge in [-0.1, -0.05) is 136 Å². The SMILES string of the molecule is CCC1C[C@H]2C[C@@H]1CC2CC1c2ccccc2C(C)(C)c2ccc(N(c3ccc(-c4ccc5c(c4)sc4ccccc45)cc3)c3cccc4ccccc34)cc21. The number of hydrogen-bond acceptors (Lipinski definition) is 2. The number of nitrogens with zero attached hydrogens (tertiary/aromatic N) is 1. The van der Waals surface area contributed by atoms with Gasteiger partial charge >= 0.3 is 0 Å². The van der Waals surface area contributed by atoms with Gasteiger partial charge in [-0.15, -0.1) is 11.3 Å². The van der Waals surface area contributed by atoms with Crippen molar-refractivity contribution in [3.63, 3.8) is 0 Å². The van der Waals surface area contributed by atoms with Crippen LogP contribution in [-0.2, 0) is 5.41 Å². The largest absolute Gasteiger partial charge is 0.310 e. The normalized spacial score (nSPS) is 22.1. The molecule has 3 unspecified atom stereocenters. The van der Waals surface area contributed by atoms with Crippen LogP contribution in [0.15, 0.2) is 152 Å². The average Bonchev–Trinajstić information content (AvgIpc) is 3.95. The molecule has 1 aromatic heterocycles. The summed E-state index contributed by atoms with van der Waals surface area (Å²) in [6.07, 6.45) is 6.94. The van der Waals surface area contributed by atoms with E-state index in [1.165, 1.54) is 108 Å². The van der Waals surface area contributed by atoms with E-state index in [1.807, 2.05) is 11.3 Å². The molecule has 0 saturated heterocycles. The highest BCUT2D eigenvalue weighted by Crippen LogP contribution is 2.58. The van der Waals surface area contributed by atoms with E-state index in [0.717, 1.165) is 23.7 Å². The van der Waals surface area contributed by atoms with E-state index >= 15 is 0 Å². The van der Waals surface area contributed by atoms with E-state index in [2.05, 4.69) is 177 Å². The molecule has 2 fully saturated rings. The maximum Gasteiger partial charge on any atom is 0.0540 e. The maximum atomic E-state index is 2.59. The molecule has 276 valence electrons. The monoisotopic (exact) mass is 743 g/mol. The van der Waals surface area contributed by atoms with E-state index in [1.54, 1.807) is 5.56 Å². The van der Waals surface area contributed by atoms with Crippen LogP contribution in [-0.4, -0.2) is 0 Å². The highest BCUT2D eigenvalue weighted by molar-refractivity contribution is 7.25. The van der Waals surface area contributed by atoms with Gasteiger partial charge in [0.05, 0.1) is 5.69 Å². The second kappa shape index (κ2) is 13.2. The highest BCUT2D eigenvalue weighted by Gasteiger charge is 2.47. The Kier molecular flexibility index (Phi) is 8.04. The van der Waals surface area contributed by atoms with Crippen molar-refractivity contribution in [3.05, 3.63) is 174 Å². The summed E-state index contributed by atoms with van der Waals surface area (Å²) < 4.78 is 2.69. The molecule has 3 aliphatic rings. The summed E-state index contributed by atoms with van der Waals surface area (Å²) >= 11 is 1.89. The lowest BCUT2D eigenvalue weighted by atomic mass is 9.63. The fourth-order valence-corrected chi connectivity index (χ4v) is 12.8. The second-order valence-corrected chi connectivity index (χ2v) is 18.7. The molecule has 2 heteroatoms. The molecule has 1 heterocycles. The summed E-state index contributed by atoms with van der Waals surface area (Å²) in [5, 5.41) is 5.22. The summed E-state index contributed by atoms with van der Waals surface area (Å²) in [5.74, 6) is 4.00. The Morgan fingerprint density at radius 3 is 2.07 bits per heavy atom. The predicted octanol–water partition coefficient (Wildman–Crippen LogP) is 15.6. The van der Waals surface area contributed by atoms with Gasteiger partial charge < -0.3 is 4.90 Å². The molecular formula is C54H49NS. The maximum absolute atomic E-state index is 2.59. The Morgan fingerprint density at radius 2 is 1.23 bits per heavy atom. The summed E-state index contributed by atoms with van der Waals surface area (Å²) in [7, 11) is 0. The Morgan fingerprint density at radius 1 is 0.554 bits per heavy atom. The average molecular weight is 744 g/mol. The number of fused-ring (bicyclic) bond motifs is 8. The summed E-state index contributed by atoms with van der Waals surface area (Å²) in [4.78, 5) is 2.52. The van der Waals surface area contributed by atoms with Crippen molar-refractivity contribution in [2.75, 3.05) is 4.90 Å². The summed E-state index contributed by atoms with van der Waals surface area (Å²) in [5.41, 5.74) is 12.1. The topological polar surface area (TPSA) is 3.24 Å². The van der Waals surface area contributed by atoms with Crippen LogP contribution in [0.1, 0.15) is 81.0 Å². The molecule has 0 radical (unpaired) electrons. The first-order valence-electron chi connectivity index (χ1n) is 21.0. The van der Waals surface area contributed by atoms with E-state index in [9.17, 15) is 0 Å². The lowest BCUT2D eigenvalue weighted by Gasteiger charge is -2.42. The third kappa shape index (κ3) is 5.40. The zero-order valence-electron chi connectivity index (χ0n) is 32.7. The van der Waals surface area contributed by atoms with Crippen LogP contribution in [0.25, 0.3) is 42.1 Å². The second-order valence-electron chi connectivity index (χ2n) is 17.6. The van der Waals surface area contributed by atoms with Crippen molar-refractivity contribution < 1.29 is 0 Å². The minimum absolute atomic E-state index is 0.0651. The molecule has 2 bridgehead atoms. The molecule has 11 rings (SSSR count). The zero-order valence-corrected chi connectivity index (χ0v) is 33.5. The molecule has 7 aromatic carbocycles. The predicted molar refractivity (Wildman–Crippen MR) is 240 cm³/mol. The first kappa shape index (κ1) is 34.1. The van der Waals surface area contributed by atoms with Crippen LogP contribution in [0.2, 0.25) is 0 Å². The van der Waals surface area contributed by atoms with E-state index in [-0.39, 0.29) is 5.41 Å². The Bertz CT molecular complexity index is 2760.